The number of rotatable bonds is 6. The molecule has 3 amide bonds. The molecule has 2 atom stereocenters. The lowest BCUT2D eigenvalue weighted by atomic mass is 9.77. The SMILES string of the molecule is CN(C)C(=O)[C@@H](c1ccc(B2OC(C)(C)C(C)(C)O2)cc1)[C@H](NC(=O)OC(C)(C)C)C(=O)N1CC(F)C1. The fourth-order valence-corrected chi connectivity index (χ4v) is 4.12. The highest BCUT2D eigenvalue weighted by Gasteiger charge is 2.52. The van der Waals surface area contributed by atoms with Crippen LogP contribution in [0.1, 0.15) is 59.9 Å². The van der Waals surface area contributed by atoms with E-state index in [1.54, 1.807) is 59.1 Å². The van der Waals surface area contributed by atoms with Gasteiger partial charge in [-0.2, -0.15) is 0 Å². The molecule has 0 unspecified atom stereocenters. The van der Waals surface area contributed by atoms with E-state index in [0.29, 0.717) is 5.56 Å². The first-order valence-corrected chi connectivity index (χ1v) is 12.5. The van der Waals surface area contributed by atoms with Gasteiger partial charge in [0.1, 0.15) is 17.8 Å². The number of ether oxygens (including phenoxy) is 1. The number of carbonyl (C=O) groups is 3. The van der Waals surface area contributed by atoms with E-state index in [2.05, 4.69) is 5.32 Å². The lowest BCUT2D eigenvalue weighted by Crippen LogP contribution is -2.61. The fourth-order valence-electron chi connectivity index (χ4n) is 4.12. The Kier molecular flexibility index (Phi) is 8.01. The molecule has 204 valence electrons. The topological polar surface area (TPSA) is 97.4 Å². The highest BCUT2D eigenvalue weighted by molar-refractivity contribution is 6.62. The second kappa shape index (κ2) is 10.2. The molecule has 3 rings (SSSR count). The van der Waals surface area contributed by atoms with Crippen LogP contribution >= 0.6 is 0 Å². The summed E-state index contributed by atoms with van der Waals surface area (Å²) in [6.45, 7) is 12.8. The molecule has 9 nitrogen and oxygen atoms in total. The van der Waals surface area contributed by atoms with Crippen molar-refractivity contribution in [2.75, 3.05) is 27.2 Å². The van der Waals surface area contributed by atoms with Crippen molar-refractivity contribution in [2.24, 2.45) is 0 Å². The zero-order valence-electron chi connectivity index (χ0n) is 23.3. The molecule has 2 aliphatic heterocycles. The van der Waals surface area contributed by atoms with Crippen molar-refractivity contribution in [3.05, 3.63) is 29.8 Å². The number of halogens is 1. The predicted octanol–water partition coefficient (Wildman–Crippen LogP) is 2.23. The second-order valence-electron chi connectivity index (χ2n) is 11.9. The highest BCUT2D eigenvalue weighted by Crippen LogP contribution is 2.36. The summed E-state index contributed by atoms with van der Waals surface area (Å²) in [4.78, 5) is 42.2. The summed E-state index contributed by atoms with van der Waals surface area (Å²) in [5.74, 6) is -2.01. The molecule has 0 aliphatic carbocycles. The van der Waals surface area contributed by atoms with Gasteiger partial charge >= 0.3 is 13.2 Å². The van der Waals surface area contributed by atoms with Gasteiger partial charge in [0.2, 0.25) is 11.8 Å². The van der Waals surface area contributed by atoms with E-state index in [9.17, 15) is 18.8 Å². The normalized spacial score (nSPS) is 20.6. The molecule has 1 aromatic rings. The third-order valence-electron chi connectivity index (χ3n) is 6.95. The lowest BCUT2D eigenvalue weighted by Gasteiger charge is -2.39. The summed E-state index contributed by atoms with van der Waals surface area (Å²) < 4.78 is 31.2. The minimum atomic E-state index is -1.29. The highest BCUT2D eigenvalue weighted by atomic mass is 19.1. The van der Waals surface area contributed by atoms with E-state index >= 15 is 0 Å². The largest absolute Gasteiger partial charge is 0.494 e. The van der Waals surface area contributed by atoms with Crippen LogP contribution in [0.5, 0.6) is 0 Å². The van der Waals surface area contributed by atoms with Gasteiger partial charge in [0.05, 0.1) is 30.2 Å². The minimum absolute atomic E-state index is 0.0882. The molecular weight excluding hydrogens is 480 g/mol. The minimum Gasteiger partial charge on any atom is -0.444 e. The van der Waals surface area contributed by atoms with Crippen molar-refractivity contribution in [1.29, 1.82) is 0 Å². The number of alkyl carbamates (subject to hydrolysis) is 1. The van der Waals surface area contributed by atoms with Crippen molar-refractivity contribution >= 4 is 30.5 Å². The summed E-state index contributed by atoms with van der Waals surface area (Å²) in [5.41, 5.74) is -0.584. The van der Waals surface area contributed by atoms with Crippen molar-refractivity contribution < 1.29 is 32.8 Å². The number of nitrogens with zero attached hydrogens (tertiary/aromatic N) is 2. The summed E-state index contributed by atoms with van der Waals surface area (Å²) in [6.07, 6.45) is -1.97. The van der Waals surface area contributed by atoms with E-state index < -0.39 is 60.0 Å². The van der Waals surface area contributed by atoms with Crippen molar-refractivity contribution in [1.82, 2.24) is 15.1 Å². The molecule has 2 heterocycles. The maximum atomic E-state index is 13.6. The van der Waals surface area contributed by atoms with E-state index in [0.717, 1.165) is 5.46 Å². The molecule has 11 heteroatoms. The third kappa shape index (κ3) is 6.44. The van der Waals surface area contributed by atoms with E-state index in [1.165, 1.54) is 9.80 Å². The van der Waals surface area contributed by atoms with Gasteiger partial charge in [-0.15, -0.1) is 0 Å². The predicted molar refractivity (Wildman–Crippen MR) is 138 cm³/mol. The molecule has 37 heavy (non-hydrogen) atoms. The average molecular weight is 519 g/mol. The molecule has 2 fully saturated rings. The first-order chi connectivity index (χ1) is 16.9. The molecular formula is C26H39BFN3O6. The standard InChI is InChI=1S/C26H39BFN3O6/c1-24(2,3)35-23(34)29-20(22(33)31-14-18(28)15-31)19(21(32)30(8)9)16-10-12-17(13-11-16)27-36-25(4,5)26(6,7)37-27/h10-13,18-20H,14-15H2,1-9H3,(H,29,34)/t19-,20-/m0/s1. The van der Waals surface area contributed by atoms with Gasteiger partial charge in [-0.3, -0.25) is 9.59 Å². The summed E-state index contributed by atoms with van der Waals surface area (Å²) in [5, 5.41) is 2.59. The number of nitrogens with one attached hydrogen (secondary N) is 1. The third-order valence-corrected chi connectivity index (χ3v) is 6.95. The Balaban J connectivity index is 1.95. The van der Waals surface area contributed by atoms with E-state index in [-0.39, 0.29) is 13.1 Å². The van der Waals surface area contributed by atoms with Crippen LogP contribution in [0.15, 0.2) is 24.3 Å². The summed E-state index contributed by atoms with van der Waals surface area (Å²) >= 11 is 0. The fraction of sp³-hybridized carbons (Fsp3) is 0.654. The van der Waals surface area contributed by atoms with Crippen LogP contribution in [0.4, 0.5) is 9.18 Å². The number of hydrogen-bond acceptors (Lipinski definition) is 6. The Morgan fingerprint density at radius 2 is 1.59 bits per heavy atom. The molecule has 1 aromatic carbocycles. The van der Waals surface area contributed by atoms with Gasteiger partial charge in [0.15, 0.2) is 0 Å². The lowest BCUT2D eigenvalue weighted by molar-refractivity contribution is -0.144. The zero-order valence-corrected chi connectivity index (χ0v) is 23.3. The molecule has 2 aliphatic rings. The molecule has 0 aromatic heterocycles. The van der Waals surface area contributed by atoms with Crippen LogP contribution in [-0.4, -0.2) is 91.0 Å². The van der Waals surface area contributed by atoms with Crippen LogP contribution < -0.4 is 10.8 Å². The van der Waals surface area contributed by atoms with Crippen LogP contribution in [0, 0.1) is 0 Å². The number of carbonyl (C=O) groups excluding carboxylic acids is 3. The van der Waals surface area contributed by atoms with Gasteiger partial charge in [-0.25, -0.2) is 9.18 Å². The van der Waals surface area contributed by atoms with E-state index in [1.807, 2.05) is 27.7 Å². The Hall–Kier alpha value is -2.66. The zero-order chi connectivity index (χ0) is 27.9. The number of benzene rings is 1. The number of hydrogen-bond donors (Lipinski definition) is 1. The summed E-state index contributed by atoms with van der Waals surface area (Å²) in [7, 11) is 2.55. The average Bonchev–Trinajstić information content (AvgIpc) is 2.96. The Morgan fingerprint density at radius 3 is 2.03 bits per heavy atom. The molecule has 0 spiro atoms. The Bertz CT molecular complexity index is 1000. The summed E-state index contributed by atoms with van der Waals surface area (Å²) in [6, 6.07) is 5.71. The number of likely N-dealkylation sites (tertiary alicyclic amines) is 1. The van der Waals surface area contributed by atoms with Gasteiger partial charge in [0.25, 0.3) is 0 Å². The van der Waals surface area contributed by atoms with Crippen LogP contribution in [0.25, 0.3) is 0 Å². The first kappa shape index (κ1) is 28.9. The number of likely N-dealkylation sites (N-methyl/N-ethyl adjacent to an activating group) is 1. The Morgan fingerprint density at radius 1 is 1.08 bits per heavy atom. The van der Waals surface area contributed by atoms with Crippen LogP contribution in [0.2, 0.25) is 0 Å². The smallest absolute Gasteiger partial charge is 0.444 e. The quantitative estimate of drug-likeness (QED) is 0.580. The molecule has 0 bridgehead atoms. The van der Waals surface area contributed by atoms with Crippen molar-refractivity contribution in [2.45, 2.75) is 83.4 Å². The number of alkyl halides is 1. The maximum Gasteiger partial charge on any atom is 0.494 e. The van der Waals surface area contributed by atoms with Crippen LogP contribution in [0.3, 0.4) is 0 Å². The van der Waals surface area contributed by atoms with Gasteiger partial charge in [-0.05, 0) is 59.5 Å². The monoisotopic (exact) mass is 519 g/mol. The van der Waals surface area contributed by atoms with E-state index in [4.69, 9.17) is 14.0 Å². The second-order valence-corrected chi connectivity index (χ2v) is 11.9. The Labute approximate surface area is 219 Å². The van der Waals surface area contributed by atoms with Crippen molar-refractivity contribution in [3.8, 4) is 0 Å². The molecule has 1 N–H and O–H groups in total. The molecule has 0 saturated carbocycles. The molecule has 0 radical (unpaired) electrons. The maximum absolute atomic E-state index is 13.6. The van der Waals surface area contributed by atoms with Gasteiger partial charge in [0, 0.05) is 14.1 Å². The van der Waals surface area contributed by atoms with Crippen LogP contribution in [-0.2, 0) is 23.6 Å². The molecule has 2 saturated heterocycles. The number of amides is 3. The van der Waals surface area contributed by atoms with Gasteiger partial charge < -0.3 is 29.2 Å². The first-order valence-electron chi connectivity index (χ1n) is 12.5. The van der Waals surface area contributed by atoms with Gasteiger partial charge in [-0.1, -0.05) is 24.3 Å². The van der Waals surface area contributed by atoms with Crippen molar-refractivity contribution in [3.63, 3.8) is 0 Å².